The summed E-state index contributed by atoms with van der Waals surface area (Å²) in [5, 5.41) is 14.0. The van der Waals surface area contributed by atoms with Gasteiger partial charge in [-0.05, 0) is 27.9 Å². The molecule has 0 aliphatic heterocycles. The van der Waals surface area contributed by atoms with Gasteiger partial charge in [0.15, 0.2) is 5.75 Å². The van der Waals surface area contributed by atoms with Crippen LogP contribution >= 0.6 is 15.9 Å². The molecule has 0 N–H and O–H groups in total. The predicted molar refractivity (Wildman–Crippen MR) is 64.9 cm³/mol. The summed E-state index contributed by atoms with van der Waals surface area (Å²) in [6.07, 6.45) is 0.388. The molecule has 0 aliphatic carbocycles. The number of benzene rings is 1. The first-order valence-corrected chi connectivity index (χ1v) is 5.62. The van der Waals surface area contributed by atoms with Crippen molar-refractivity contribution in [2.24, 2.45) is 5.11 Å². The molecule has 9 heteroatoms. The summed E-state index contributed by atoms with van der Waals surface area (Å²) in [5.74, 6) is -0.799. The third-order valence-electron chi connectivity index (χ3n) is 1.92. The van der Waals surface area contributed by atoms with Crippen LogP contribution in [-0.4, -0.2) is 18.1 Å². The average Bonchev–Trinajstić information content (AvgIpc) is 2.32. The Kier molecular flexibility index (Phi) is 5.34. The summed E-state index contributed by atoms with van der Waals surface area (Å²) < 4.78 is 18.3. The van der Waals surface area contributed by atoms with Crippen LogP contribution < -0.4 is 4.74 Å². The SMILES string of the molecule is [N-]=[N+]=NCCCOc1cc(F)c(Br)cc1[N+](=O)[O-]. The number of ether oxygens (including phenoxy) is 1. The van der Waals surface area contributed by atoms with Gasteiger partial charge in [-0.1, -0.05) is 5.11 Å². The third-order valence-corrected chi connectivity index (χ3v) is 2.53. The molecule has 7 nitrogen and oxygen atoms in total. The number of azide groups is 1. The zero-order valence-electron chi connectivity index (χ0n) is 9.05. The molecule has 0 saturated heterocycles. The van der Waals surface area contributed by atoms with Crippen LogP contribution in [0.15, 0.2) is 21.7 Å². The van der Waals surface area contributed by atoms with Gasteiger partial charge in [-0.25, -0.2) is 4.39 Å². The fourth-order valence-electron chi connectivity index (χ4n) is 1.14. The molecule has 0 aromatic heterocycles. The molecule has 0 unspecified atom stereocenters. The van der Waals surface area contributed by atoms with Crippen LogP contribution in [0.25, 0.3) is 10.4 Å². The van der Waals surface area contributed by atoms with Crippen LogP contribution in [0.5, 0.6) is 5.75 Å². The van der Waals surface area contributed by atoms with Crippen molar-refractivity contribution in [3.8, 4) is 5.75 Å². The molecule has 18 heavy (non-hydrogen) atoms. The Bertz CT molecular complexity index is 505. The predicted octanol–water partition coefficient (Wildman–Crippen LogP) is 3.58. The average molecular weight is 319 g/mol. The lowest BCUT2D eigenvalue weighted by Crippen LogP contribution is -2.02. The van der Waals surface area contributed by atoms with E-state index in [1.807, 2.05) is 0 Å². The van der Waals surface area contributed by atoms with E-state index < -0.39 is 10.7 Å². The van der Waals surface area contributed by atoms with Crippen LogP contribution in [0, 0.1) is 15.9 Å². The Morgan fingerprint density at radius 1 is 1.61 bits per heavy atom. The number of nitrogens with zero attached hydrogens (tertiary/aromatic N) is 4. The van der Waals surface area contributed by atoms with Gasteiger partial charge >= 0.3 is 5.69 Å². The minimum Gasteiger partial charge on any atom is -0.487 e. The van der Waals surface area contributed by atoms with E-state index in [4.69, 9.17) is 10.3 Å². The van der Waals surface area contributed by atoms with Gasteiger partial charge in [0.2, 0.25) is 0 Å². The summed E-state index contributed by atoms with van der Waals surface area (Å²) in [4.78, 5) is 12.6. The molecule has 0 atom stereocenters. The number of hydrogen-bond acceptors (Lipinski definition) is 4. The van der Waals surface area contributed by atoms with E-state index in [0.29, 0.717) is 6.42 Å². The molecule has 0 spiro atoms. The molecular weight excluding hydrogens is 311 g/mol. The van der Waals surface area contributed by atoms with Crippen LogP contribution in [-0.2, 0) is 0 Å². The van der Waals surface area contributed by atoms with Crippen molar-refractivity contribution in [1.82, 2.24) is 0 Å². The molecule has 0 bridgehead atoms. The highest BCUT2D eigenvalue weighted by molar-refractivity contribution is 9.10. The van der Waals surface area contributed by atoms with Crippen LogP contribution in [0.3, 0.4) is 0 Å². The van der Waals surface area contributed by atoms with Crippen LogP contribution in [0.4, 0.5) is 10.1 Å². The van der Waals surface area contributed by atoms with Gasteiger partial charge in [0.25, 0.3) is 0 Å². The summed E-state index contributed by atoms with van der Waals surface area (Å²) in [6.45, 7) is 0.310. The van der Waals surface area contributed by atoms with E-state index in [9.17, 15) is 14.5 Å². The van der Waals surface area contributed by atoms with Crippen molar-refractivity contribution in [3.63, 3.8) is 0 Å². The maximum Gasteiger partial charge on any atom is 0.312 e. The summed E-state index contributed by atoms with van der Waals surface area (Å²) in [5.41, 5.74) is 7.71. The van der Waals surface area contributed by atoms with Gasteiger partial charge in [0.1, 0.15) is 5.82 Å². The quantitative estimate of drug-likeness (QED) is 0.200. The van der Waals surface area contributed by atoms with Gasteiger partial charge in [-0.2, -0.15) is 0 Å². The molecule has 0 amide bonds. The van der Waals surface area contributed by atoms with E-state index in [2.05, 4.69) is 26.0 Å². The second-order valence-electron chi connectivity index (χ2n) is 3.15. The zero-order valence-corrected chi connectivity index (χ0v) is 10.6. The van der Waals surface area contributed by atoms with E-state index in [-0.39, 0.29) is 29.1 Å². The first kappa shape index (κ1) is 14.2. The number of rotatable bonds is 6. The fourth-order valence-corrected chi connectivity index (χ4v) is 1.47. The number of nitro groups is 1. The lowest BCUT2D eigenvalue weighted by Gasteiger charge is -2.06. The molecule has 0 aliphatic rings. The van der Waals surface area contributed by atoms with E-state index >= 15 is 0 Å². The van der Waals surface area contributed by atoms with Gasteiger partial charge in [-0.15, -0.1) is 0 Å². The smallest absolute Gasteiger partial charge is 0.312 e. The minimum absolute atomic E-state index is 0.00405. The van der Waals surface area contributed by atoms with Crippen molar-refractivity contribution >= 4 is 21.6 Å². The molecular formula is C9H8BrFN4O3. The van der Waals surface area contributed by atoms with E-state index in [0.717, 1.165) is 12.1 Å². The minimum atomic E-state index is -0.660. The van der Waals surface area contributed by atoms with Gasteiger partial charge in [0, 0.05) is 23.6 Å². The first-order valence-electron chi connectivity index (χ1n) is 4.83. The topological polar surface area (TPSA) is 101 Å². The summed E-state index contributed by atoms with van der Waals surface area (Å²) in [7, 11) is 0. The van der Waals surface area contributed by atoms with Crippen LogP contribution in [0.2, 0.25) is 0 Å². The van der Waals surface area contributed by atoms with Crippen LogP contribution in [0.1, 0.15) is 6.42 Å². The summed E-state index contributed by atoms with van der Waals surface area (Å²) in [6, 6.07) is 1.98. The second kappa shape index (κ2) is 6.77. The first-order chi connectivity index (χ1) is 8.56. The van der Waals surface area contributed by atoms with Crippen molar-refractivity contribution in [2.75, 3.05) is 13.2 Å². The molecule has 0 heterocycles. The van der Waals surface area contributed by atoms with Gasteiger partial charge in [0.05, 0.1) is 16.0 Å². The van der Waals surface area contributed by atoms with Gasteiger partial charge < -0.3 is 4.74 Å². The Morgan fingerprint density at radius 2 is 2.33 bits per heavy atom. The fraction of sp³-hybridized carbons (Fsp3) is 0.333. The molecule has 1 aromatic carbocycles. The molecule has 1 aromatic rings. The highest BCUT2D eigenvalue weighted by Crippen LogP contribution is 2.32. The Labute approximate surface area is 109 Å². The van der Waals surface area contributed by atoms with Gasteiger partial charge in [-0.3, -0.25) is 10.1 Å². The monoisotopic (exact) mass is 318 g/mol. The Balaban J connectivity index is 2.77. The Morgan fingerprint density at radius 3 is 2.94 bits per heavy atom. The maximum atomic E-state index is 13.2. The second-order valence-corrected chi connectivity index (χ2v) is 4.00. The molecule has 0 saturated carbocycles. The van der Waals surface area contributed by atoms with Crippen molar-refractivity contribution < 1.29 is 14.1 Å². The van der Waals surface area contributed by atoms with Crippen molar-refractivity contribution in [3.05, 3.63) is 43.0 Å². The molecule has 1 rings (SSSR count). The number of nitro benzene ring substituents is 1. The standard InChI is InChI=1S/C9H8BrFN4O3/c10-6-4-8(15(16)17)9(5-7(6)11)18-3-1-2-13-14-12/h4-5H,1-3H2. The lowest BCUT2D eigenvalue weighted by molar-refractivity contribution is -0.386. The van der Waals surface area contributed by atoms with Crippen molar-refractivity contribution in [2.45, 2.75) is 6.42 Å². The summed E-state index contributed by atoms with van der Waals surface area (Å²) >= 11 is 2.86. The van der Waals surface area contributed by atoms with E-state index in [1.54, 1.807) is 0 Å². The molecule has 0 fully saturated rings. The number of halogens is 2. The normalized spacial score (nSPS) is 9.67. The largest absolute Gasteiger partial charge is 0.487 e. The highest BCUT2D eigenvalue weighted by atomic mass is 79.9. The highest BCUT2D eigenvalue weighted by Gasteiger charge is 2.18. The maximum absolute atomic E-state index is 13.2. The molecule has 96 valence electrons. The van der Waals surface area contributed by atoms with Crippen molar-refractivity contribution in [1.29, 1.82) is 0 Å². The third kappa shape index (κ3) is 3.86. The number of hydrogen-bond donors (Lipinski definition) is 0. The lowest BCUT2D eigenvalue weighted by atomic mass is 10.3. The Hall–Kier alpha value is -1.86. The zero-order chi connectivity index (χ0) is 13.5. The molecule has 0 radical (unpaired) electrons. The van der Waals surface area contributed by atoms with E-state index in [1.165, 1.54) is 0 Å².